The standard InChI is InChI=1S/C17H19ClN4S2/c1-3-21(11-14-9-10-15(18)24-14)12-22-17(23)20(2)16(19-22)13-7-5-4-6-8-13/h4-10H,3,11-12H2,1-2H3. The summed E-state index contributed by atoms with van der Waals surface area (Å²) in [5, 5.41) is 4.73. The molecule has 1 aromatic carbocycles. The van der Waals surface area contributed by atoms with Gasteiger partial charge in [0.25, 0.3) is 0 Å². The van der Waals surface area contributed by atoms with Crippen molar-refractivity contribution in [2.24, 2.45) is 7.05 Å². The van der Waals surface area contributed by atoms with Gasteiger partial charge in [-0.2, -0.15) is 5.10 Å². The minimum atomic E-state index is 0.658. The molecule has 0 spiro atoms. The van der Waals surface area contributed by atoms with Crippen LogP contribution in [0.25, 0.3) is 11.4 Å². The molecule has 126 valence electrons. The highest BCUT2D eigenvalue weighted by molar-refractivity contribution is 7.71. The van der Waals surface area contributed by atoms with Gasteiger partial charge in [0.2, 0.25) is 0 Å². The van der Waals surface area contributed by atoms with E-state index in [4.69, 9.17) is 28.9 Å². The molecule has 0 aliphatic carbocycles. The number of aromatic nitrogens is 3. The third kappa shape index (κ3) is 3.78. The van der Waals surface area contributed by atoms with Crippen LogP contribution in [0.3, 0.4) is 0 Å². The van der Waals surface area contributed by atoms with Crippen LogP contribution in [0.4, 0.5) is 0 Å². The van der Waals surface area contributed by atoms with E-state index in [-0.39, 0.29) is 0 Å². The maximum absolute atomic E-state index is 6.03. The Hall–Kier alpha value is -1.47. The summed E-state index contributed by atoms with van der Waals surface area (Å²) in [6, 6.07) is 14.1. The van der Waals surface area contributed by atoms with E-state index in [1.807, 2.05) is 52.7 Å². The zero-order valence-corrected chi connectivity index (χ0v) is 16.0. The molecule has 3 rings (SSSR count). The first-order valence-electron chi connectivity index (χ1n) is 7.74. The van der Waals surface area contributed by atoms with Gasteiger partial charge in [0, 0.05) is 24.0 Å². The Morgan fingerprint density at radius 3 is 2.58 bits per heavy atom. The van der Waals surface area contributed by atoms with Crippen molar-refractivity contribution in [1.82, 2.24) is 19.2 Å². The van der Waals surface area contributed by atoms with Crippen LogP contribution in [-0.2, 0) is 20.3 Å². The molecule has 0 fully saturated rings. The molecule has 0 amide bonds. The quantitative estimate of drug-likeness (QED) is 0.575. The van der Waals surface area contributed by atoms with E-state index < -0.39 is 0 Å². The average Bonchev–Trinajstić information content (AvgIpc) is 3.13. The first-order chi connectivity index (χ1) is 11.6. The topological polar surface area (TPSA) is 26.0 Å². The average molecular weight is 379 g/mol. The summed E-state index contributed by atoms with van der Waals surface area (Å²) >= 11 is 13.2. The fraction of sp³-hybridized carbons (Fsp3) is 0.294. The first-order valence-corrected chi connectivity index (χ1v) is 9.34. The Labute approximate surface area is 155 Å². The summed E-state index contributed by atoms with van der Waals surface area (Å²) in [7, 11) is 1.96. The fourth-order valence-electron chi connectivity index (χ4n) is 2.53. The van der Waals surface area contributed by atoms with Crippen LogP contribution < -0.4 is 0 Å². The van der Waals surface area contributed by atoms with E-state index in [1.165, 1.54) is 4.88 Å². The normalized spacial score (nSPS) is 11.3. The number of halogens is 1. The van der Waals surface area contributed by atoms with Crippen LogP contribution in [0.15, 0.2) is 42.5 Å². The molecule has 3 aromatic rings. The molecule has 24 heavy (non-hydrogen) atoms. The van der Waals surface area contributed by atoms with Crippen LogP contribution in [0.5, 0.6) is 0 Å². The highest BCUT2D eigenvalue weighted by Gasteiger charge is 2.13. The van der Waals surface area contributed by atoms with Crippen molar-refractivity contribution in [2.75, 3.05) is 6.54 Å². The zero-order valence-electron chi connectivity index (χ0n) is 13.6. The summed E-state index contributed by atoms with van der Waals surface area (Å²) < 4.78 is 5.38. The smallest absolute Gasteiger partial charge is 0.199 e. The lowest BCUT2D eigenvalue weighted by atomic mass is 10.2. The van der Waals surface area contributed by atoms with Crippen molar-refractivity contribution >= 4 is 35.2 Å². The van der Waals surface area contributed by atoms with Gasteiger partial charge in [0.15, 0.2) is 10.6 Å². The third-order valence-corrected chi connectivity index (χ3v) is 5.56. The molecule has 0 saturated carbocycles. The largest absolute Gasteiger partial charge is 0.303 e. The van der Waals surface area contributed by atoms with Crippen molar-refractivity contribution in [3.05, 3.63) is 56.4 Å². The first kappa shape index (κ1) is 17.4. The molecule has 0 aliphatic rings. The lowest BCUT2D eigenvalue weighted by Gasteiger charge is -2.19. The van der Waals surface area contributed by atoms with Crippen LogP contribution >= 0.6 is 35.2 Å². The maximum Gasteiger partial charge on any atom is 0.199 e. The van der Waals surface area contributed by atoms with Gasteiger partial charge in [-0.05, 0) is 30.9 Å². The monoisotopic (exact) mass is 378 g/mol. The van der Waals surface area contributed by atoms with E-state index in [1.54, 1.807) is 11.3 Å². The number of thiophene rings is 1. The van der Waals surface area contributed by atoms with E-state index >= 15 is 0 Å². The predicted molar refractivity (Wildman–Crippen MR) is 103 cm³/mol. The zero-order chi connectivity index (χ0) is 17.1. The Kier molecular flexibility index (Phi) is 5.50. The lowest BCUT2D eigenvalue weighted by Crippen LogP contribution is -2.26. The third-order valence-electron chi connectivity index (χ3n) is 3.86. The molecule has 0 saturated heterocycles. The van der Waals surface area contributed by atoms with Crippen LogP contribution in [-0.4, -0.2) is 25.8 Å². The molecule has 7 heteroatoms. The molecule has 0 atom stereocenters. The molecule has 0 unspecified atom stereocenters. The molecule has 4 nitrogen and oxygen atoms in total. The number of hydrogen-bond donors (Lipinski definition) is 0. The molecule has 0 N–H and O–H groups in total. The van der Waals surface area contributed by atoms with E-state index in [0.717, 1.165) is 33.6 Å². The number of rotatable bonds is 6. The molecular weight excluding hydrogens is 360 g/mol. The second-order valence-corrected chi connectivity index (χ2v) is 7.69. The lowest BCUT2D eigenvalue weighted by molar-refractivity contribution is 0.209. The van der Waals surface area contributed by atoms with E-state index in [9.17, 15) is 0 Å². The molecular formula is C17H19ClN4S2. The summed E-state index contributed by atoms with van der Waals surface area (Å²) in [4.78, 5) is 3.53. The van der Waals surface area contributed by atoms with Crippen molar-refractivity contribution in [1.29, 1.82) is 0 Å². The highest BCUT2D eigenvalue weighted by Crippen LogP contribution is 2.23. The Morgan fingerprint density at radius 1 is 1.21 bits per heavy atom. The second kappa shape index (κ2) is 7.61. The van der Waals surface area contributed by atoms with Crippen molar-refractivity contribution in [3.8, 4) is 11.4 Å². The van der Waals surface area contributed by atoms with Crippen LogP contribution in [0.1, 0.15) is 11.8 Å². The van der Waals surface area contributed by atoms with Gasteiger partial charge in [0.05, 0.1) is 11.0 Å². The van der Waals surface area contributed by atoms with Gasteiger partial charge in [-0.15, -0.1) is 11.3 Å². The van der Waals surface area contributed by atoms with Gasteiger partial charge >= 0.3 is 0 Å². The minimum absolute atomic E-state index is 0.658. The molecule has 2 aromatic heterocycles. The van der Waals surface area contributed by atoms with Crippen molar-refractivity contribution in [3.63, 3.8) is 0 Å². The molecule has 0 bridgehead atoms. The SMILES string of the molecule is CCN(Cc1ccc(Cl)s1)Cn1nc(-c2ccccc2)n(C)c1=S. The highest BCUT2D eigenvalue weighted by atomic mass is 35.5. The van der Waals surface area contributed by atoms with Crippen molar-refractivity contribution < 1.29 is 0 Å². The van der Waals surface area contributed by atoms with Gasteiger partial charge in [0.1, 0.15) is 0 Å². The summed E-state index contributed by atoms with van der Waals surface area (Å²) in [6.07, 6.45) is 0. The van der Waals surface area contributed by atoms with Gasteiger partial charge in [-0.25, -0.2) is 4.68 Å². The van der Waals surface area contributed by atoms with Crippen LogP contribution in [0.2, 0.25) is 4.34 Å². The Morgan fingerprint density at radius 2 is 1.96 bits per heavy atom. The van der Waals surface area contributed by atoms with E-state index in [0.29, 0.717) is 6.67 Å². The molecule has 2 heterocycles. The van der Waals surface area contributed by atoms with E-state index in [2.05, 4.69) is 17.9 Å². The number of benzene rings is 1. The van der Waals surface area contributed by atoms with Gasteiger partial charge < -0.3 is 4.57 Å². The number of hydrogen-bond acceptors (Lipinski definition) is 4. The van der Waals surface area contributed by atoms with Gasteiger partial charge in [-0.3, -0.25) is 4.90 Å². The predicted octanol–water partition coefficient (Wildman–Crippen LogP) is 4.81. The summed E-state index contributed by atoms with van der Waals surface area (Å²) in [5.74, 6) is 0.885. The minimum Gasteiger partial charge on any atom is -0.303 e. The fourth-order valence-corrected chi connectivity index (χ4v) is 3.84. The molecule has 0 radical (unpaired) electrons. The van der Waals surface area contributed by atoms with Crippen molar-refractivity contribution in [2.45, 2.75) is 20.1 Å². The Balaban J connectivity index is 1.83. The maximum atomic E-state index is 6.03. The Bertz CT molecular complexity index is 866. The summed E-state index contributed by atoms with van der Waals surface area (Å²) in [5.41, 5.74) is 1.07. The molecule has 0 aliphatic heterocycles. The number of nitrogens with zero attached hydrogens (tertiary/aromatic N) is 4. The van der Waals surface area contributed by atoms with Gasteiger partial charge in [-0.1, -0.05) is 48.9 Å². The summed E-state index contributed by atoms with van der Waals surface area (Å²) in [6.45, 7) is 4.55. The second-order valence-electron chi connectivity index (χ2n) is 5.52. The van der Waals surface area contributed by atoms with Crippen LogP contribution in [0, 0.1) is 4.77 Å².